The number of thioether (sulfide) groups is 1. The summed E-state index contributed by atoms with van der Waals surface area (Å²) in [7, 11) is 0. The smallest absolute Gasteiger partial charge is 0.338 e. The maximum atomic E-state index is 13.4. The molecule has 5 rings (SSSR count). The molecule has 0 bridgehead atoms. The molecule has 2 aliphatic heterocycles. The molecule has 208 valence electrons. The number of ether oxygens (including phenoxy) is 4. The highest BCUT2D eigenvalue weighted by molar-refractivity contribution is 7.99. The largest absolute Gasteiger partial charge is 0.452 e. The van der Waals surface area contributed by atoms with Gasteiger partial charge in [-0.3, -0.25) is 0 Å². The van der Waals surface area contributed by atoms with Crippen LogP contribution in [0.25, 0.3) is 0 Å². The van der Waals surface area contributed by atoms with Gasteiger partial charge >= 0.3 is 17.9 Å². The van der Waals surface area contributed by atoms with Crippen molar-refractivity contribution in [2.75, 3.05) is 12.8 Å². The number of rotatable bonds is 8. The number of esters is 3. The molecule has 3 aromatic carbocycles. The average Bonchev–Trinajstić information content (AvgIpc) is 3.55. The summed E-state index contributed by atoms with van der Waals surface area (Å²) in [5, 5.41) is 3.43. The first-order valence-electron chi connectivity index (χ1n) is 13.2. The fourth-order valence-electron chi connectivity index (χ4n) is 5.03. The fraction of sp³-hybridized carbons (Fsp3) is 0.323. The van der Waals surface area contributed by atoms with Gasteiger partial charge in [-0.2, -0.15) is 0 Å². The average molecular weight is 562 g/mol. The maximum Gasteiger partial charge on any atom is 0.338 e. The van der Waals surface area contributed by atoms with Crippen molar-refractivity contribution in [3.8, 4) is 0 Å². The molecule has 8 nitrogen and oxygen atoms in total. The standard InChI is InChI=1S/C31H31NO7S/c1-40-31-27(38-30(35)22-16-9-4-10-17-22)26(37-29(34)21-14-7-3-8-15-21)25(24(39-31)23-18-11-19-32-23)36-28(33)20-12-5-2-6-13-20/h2-10,12-17,23-27,31-32H,11,18-19H2,1H3/t23-,24?,25?,26?,27?,31?/m1/s1. The maximum absolute atomic E-state index is 13.4. The molecule has 40 heavy (non-hydrogen) atoms. The minimum absolute atomic E-state index is 0.146. The molecule has 5 unspecified atom stereocenters. The Morgan fingerprint density at radius 3 is 1.57 bits per heavy atom. The molecule has 2 saturated heterocycles. The number of nitrogens with one attached hydrogen (secondary N) is 1. The van der Waals surface area contributed by atoms with E-state index in [2.05, 4.69) is 5.32 Å². The lowest BCUT2D eigenvalue weighted by Crippen LogP contribution is -2.64. The Balaban J connectivity index is 1.52. The lowest BCUT2D eigenvalue weighted by Gasteiger charge is -2.46. The van der Waals surface area contributed by atoms with Crippen molar-refractivity contribution >= 4 is 29.7 Å². The first-order chi connectivity index (χ1) is 19.5. The normalized spacial score (nSPS) is 26.0. The molecule has 0 spiro atoms. The summed E-state index contributed by atoms with van der Waals surface area (Å²) in [5.41, 5.74) is 0.332. The second-order valence-electron chi connectivity index (χ2n) is 9.62. The van der Waals surface area contributed by atoms with Crippen molar-refractivity contribution in [2.45, 2.75) is 48.7 Å². The van der Waals surface area contributed by atoms with Gasteiger partial charge in [-0.05, 0) is 62.0 Å². The van der Waals surface area contributed by atoms with Crippen LogP contribution in [0.5, 0.6) is 0 Å². The van der Waals surface area contributed by atoms with Gasteiger partial charge in [0, 0.05) is 6.04 Å². The molecular weight excluding hydrogens is 530 g/mol. The van der Waals surface area contributed by atoms with E-state index in [-0.39, 0.29) is 6.04 Å². The quantitative estimate of drug-likeness (QED) is 0.315. The molecule has 1 N–H and O–H groups in total. The van der Waals surface area contributed by atoms with Gasteiger partial charge in [0.05, 0.1) is 16.7 Å². The van der Waals surface area contributed by atoms with Gasteiger partial charge in [-0.15, -0.1) is 11.8 Å². The van der Waals surface area contributed by atoms with Crippen LogP contribution in [0.4, 0.5) is 0 Å². The molecule has 0 radical (unpaired) electrons. The van der Waals surface area contributed by atoms with E-state index in [4.69, 9.17) is 18.9 Å². The third kappa shape index (κ3) is 6.38. The zero-order valence-electron chi connectivity index (χ0n) is 22.0. The van der Waals surface area contributed by atoms with Crippen LogP contribution in [-0.4, -0.2) is 66.6 Å². The van der Waals surface area contributed by atoms with E-state index < -0.39 is 47.8 Å². The Hall–Kier alpha value is -3.66. The van der Waals surface area contributed by atoms with Crippen LogP contribution in [0.2, 0.25) is 0 Å². The van der Waals surface area contributed by atoms with Crippen LogP contribution in [0.1, 0.15) is 43.9 Å². The van der Waals surface area contributed by atoms with E-state index in [0.717, 1.165) is 19.4 Å². The van der Waals surface area contributed by atoms with Gasteiger partial charge in [0.1, 0.15) is 11.5 Å². The Kier molecular flexibility index (Phi) is 9.15. The Labute approximate surface area is 237 Å². The SMILES string of the molecule is CSC1OC([C@H]2CCCN2)C(OC(=O)c2ccccc2)C(OC(=O)c2ccccc2)C1OC(=O)c1ccccc1. The molecule has 2 heterocycles. The molecule has 6 atom stereocenters. The van der Waals surface area contributed by atoms with Crippen LogP contribution in [0.15, 0.2) is 91.0 Å². The topological polar surface area (TPSA) is 100 Å². The van der Waals surface area contributed by atoms with Crippen LogP contribution < -0.4 is 5.32 Å². The van der Waals surface area contributed by atoms with Crippen molar-refractivity contribution in [3.05, 3.63) is 108 Å². The summed E-state index contributed by atoms with van der Waals surface area (Å²) < 4.78 is 24.6. The number of carbonyl (C=O) groups is 3. The number of carbonyl (C=O) groups excluding carboxylic acids is 3. The first kappa shape index (κ1) is 27.9. The molecule has 0 amide bonds. The molecule has 9 heteroatoms. The van der Waals surface area contributed by atoms with Gasteiger partial charge in [0.2, 0.25) is 0 Å². The van der Waals surface area contributed by atoms with E-state index in [1.54, 1.807) is 91.0 Å². The second kappa shape index (κ2) is 13.1. The zero-order chi connectivity index (χ0) is 27.9. The van der Waals surface area contributed by atoms with Gasteiger partial charge in [0.15, 0.2) is 18.3 Å². The van der Waals surface area contributed by atoms with Gasteiger partial charge < -0.3 is 24.3 Å². The number of hydrogen-bond acceptors (Lipinski definition) is 9. The third-order valence-corrected chi connectivity index (χ3v) is 7.86. The van der Waals surface area contributed by atoms with Gasteiger partial charge in [0.25, 0.3) is 0 Å². The zero-order valence-corrected chi connectivity index (χ0v) is 22.8. The van der Waals surface area contributed by atoms with Crippen LogP contribution in [-0.2, 0) is 18.9 Å². The van der Waals surface area contributed by atoms with Crippen molar-refractivity contribution in [1.82, 2.24) is 5.32 Å². The Morgan fingerprint density at radius 2 is 1.15 bits per heavy atom. The Morgan fingerprint density at radius 1 is 0.700 bits per heavy atom. The first-order valence-corrected chi connectivity index (χ1v) is 14.5. The summed E-state index contributed by atoms with van der Waals surface area (Å²) in [6, 6.07) is 25.5. The summed E-state index contributed by atoms with van der Waals surface area (Å²) in [5.74, 6) is -1.81. The van der Waals surface area contributed by atoms with Gasteiger partial charge in [-0.1, -0.05) is 54.6 Å². The highest BCUT2D eigenvalue weighted by Gasteiger charge is 2.54. The van der Waals surface area contributed by atoms with Crippen molar-refractivity contribution in [3.63, 3.8) is 0 Å². The molecule has 0 aliphatic carbocycles. The van der Waals surface area contributed by atoms with Crippen molar-refractivity contribution in [1.29, 1.82) is 0 Å². The molecule has 0 aromatic heterocycles. The summed E-state index contributed by atoms with van der Waals surface area (Å²) in [6.07, 6.45) is -0.332. The highest BCUT2D eigenvalue weighted by Crippen LogP contribution is 2.36. The lowest BCUT2D eigenvalue weighted by atomic mass is 9.93. The van der Waals surface area contributed by atoms with Crippen molar-refractivity contribution in [2.24, 2.45) is 0 Å². The second-order valence-corrected chi connectivity index (χ2v) is 10.6. The highest BCUT2D eigenvalue weighted by atomic mass is 32.2. The molecular formula is C31H31NO7S. The minimum Gasteiger partial charge on any atom is -0.452 e. The Bertz CT molecular complexity index is 1280. The van der Waals surface area contributed by atoms with E-state index in [9.17, 15) is 14.4 Å². The van der Waals surface area contributed by atoms with Crippen LogP contribution >= 0.6 is 11.8 Å². The van der Waals surface area contributed by atoms with Gasteiger partial charge in [-0.25, -0.2) is 14.4 Å². The molecule has 2 aliphatic rings. The van der Waals surface area contributed by atoms with E-state index in [1.807, 2.05) is 6.26 Å². The van der Waals surface area contributed by atoms with E-state index in [0.29, 0.717) is 16.7 Å². The summed E-state index contributed by atoms with van der Waals surface area (Å²) in [6.45, 7) is 0.786. The fourth-order valence-corrected chi connectivity index (χ4v) is 5.75. The number of hydrogen-bond donors (Lipinski definition) is 1. The minimum atomic E-state index is -1.13. The molecule has 0 saturated carbocycles. The molecule has 3 aromatic rings. The third-order valence-electron chi connectivity index (χ3n) is 7.02. The summed E-state index contributed by atoms with van der Waals surface area (Å²) >= 11 is 1.34. The lowest BCUT2D eigenvalue weighted by molar-refractivity contribution is -0.205. The monoisotopic (exact) mass is 561 g/mol. The van der Waals surface area contributed by atoms with E-state index in [1.165, 1.54) is 11.8 Å². The van der Waals surface area contributed by atoms with E-state index >= 15 is 0 Å². The number of benzene rings is 3. The predicted molar refractivity (Wildman–Crippen MR) is 150 cm³/mol. The van der Waals surface area contributed by atoms with Crippen LogP contribution in [0, 0.1) is 0 Å². The molecule has 2 fully saturated rings. The predicted octanol–water partition coefficient (Wildman–Crippen LogP) is 4.50. The van der Waals surface area contributed by atoms with Crippen LogP contribution in [0.3, 0.4) is 0 Å². The van der Waals surface area contributed by atoms with Crippen molar-refractivity contribution < 1.29 is 33.3 Å². The summed E-state index contributed by atoms with van der Waals surface area (Å²) in [4.78, 5) is 39.9.